The van der Waals surface area contributed by atoms with Gasteiger partial charge >= 0.3 is 6.03 Å². The van der Waals surface area contributed by atoms with Gasteiger partial charge in [-0.3, -0.25) is 15.0 Å². The van der Waals surface area contributed by atoms with E-state index in [1.165, 1.54) is 16.4 Å². The van der Waals surface area contributed by atoms with Crippen LogP contribution in [0.1, 0.15) is 0 Å². The number of hydrogen-bond donors (Lipinski definition) is 2. The molecule has 11 heteroatoms. The molecule has 0 atom stereocenters. The zero-order valence-electron chi connectivity index (χ0n) is 16.9. The molecule has 9 nitrogen and oxygen atoms in total. The van der Waals surface area contributed by atoms with Crippen molar-refractivity contribution >= 4 is 39.2 Å². The average molecular weight is 467 g/mol. The number of nitrogens with one attached hydrogen (secondary N) is 2. The smallest absolute Gasteiger partial charge is 0.325 e. The summed E-state index contributed by atoms with van der Waals surface area (Å²) in [7, 11) is -2.10. The quantitative estimate of drug-likeness (QED) is 0.674. The van der Waals surface area contributed by atoms with Crippen molar-refractivity contribution in [2.75, 3.05) is 45.2 Å². The summed E-state index contributed by atoms with van der Waals surface area (Å²) in [5.41, 5.74) is 0.519. The first-order valence-electron chi connectivity index (χ1n) is 9.51. The summed E-state index contributed by atoms with van der Waals surface area (Å²) in [5.74, 6) is 0.177. The Kier molecular flexibility index (Phi) is 7.50. The van der Waals surface area contributed by atoms with Crippen LogP contribution in [0, 0.1) is 0 Å². The predicted molar refractivity (Wildman–Crippen MR) is 117 cm³/mol. The topological polar surface area (TPSA) is 108 Å². The fourth-order valence-electron chi connectivity index (χ4n) is 3.11. The number of carbonyl (C=O) groups excluding carboxylic acids is 2. The van der Waals surface area contributed by atoms with E-state index in [2.05, 4.69) is 10.6 Å². The van der Waals surface area contributed by atoms with E-state index in [9.17, 15) is 18.0 Å². The van der Waals surface area contributed by atoms with Crippen LogP contribution in [0.5, 0.6) is 5.75 Å². The first-order chi connectivity index (χ1) is 14.8. The Balaban J connectivity index is 1.46. The van der Waals surface area contributed by atoms with Crippen molar-refractivity contribution in [3.63, 3.8) is 0 Å². The van der Waals surface area contributed by atoms with E-state index in [-0.39, 0.29) is 24.5 Å². The van der Waals surface area contributed by atoms with Crippen LogP contribution in [0.3, 0.4) is 0 Å². The Morgan fingerprint density at radius 3 is 2.35 bits per heavy atom. The van der Waals surface area contributed by atoms with E-state index in [0.717, 1.165) is 0 Å². The van der Waals surface area contributed by atoms with Crippen LogP contribution < -0.4 is 15.4 Å². The van der Waals surface area contributed by atoms with E-state index < -0.39 is 22.0 Å². The number of nitrogens with zero attached hydrogens (tertiary/aromatic N) is 2. The first kappa shape index (κ1) is 23.0. The number of carbonyl (C=O) groups is 2. The number of benzene rings is 2. The Labute approximate surface area is 186 Å². The molecule has 31 heavy (non-hydrogen) atoms. The fraction of sp³-hybridized carbons (Fsp3) is 0.300. The van der Waals surface area contributed by atoms with Crippen molar-refractivity contribution < 1.29 is 22.7 Å². The average Bonchev–Trinajstić information content (AvgIpc) is 2.74. The lowest BCUT2D eigenvalue weighted by atomic mass is 10.3. The Morgan fingerprint density at radius 1 is 1.06 bits per heavy atom. The molecule has 1 aliphatic rings. The molecule has 2 aromatic rings. The zero-order chi connectivity index (χ0) is 22.4. The van der Waals surface area contributed by atoms with Crippen molar-refractivity contribution in [2.45, 2.75) is 4.90 Å². The van der Waals surface area contributed by atoms with Gasteiger partial charge in [-0.25, -0.2) is 13.2 Å². The summed E-state index contributed by atoms with van der Waals surface area (Å²) < 4.78 is 31.9. The minimum Gasteiger partial charge on any atom is -0.497 e. The lowest BCUT2D eigenvalue weighted by Crippen LogP contribution is -2.51. The van der Waals surface area contributed by atoms with Gasteiger partial charge in [-0.2, -0.15) is 4.31 Å². The van der Waals surface area contributed by atoms with Crippen LogP contribution in [0.2, 0.25) is 5.02 Å². The molecule has 166 valence electrons. The number of sulfonamides is 1. The maximum Gasteiger partial charge on any atom is 0.325 e. The second kappa shape index (κ2) is 10.1. The van der Waals surface area contributed by atoms with Crippen molar-refractivity contribution in [3.05, 3.63) is 53.6 Å². The number of imide groups is 1. The number of halogens is 1. The van der Waals surface area contributed by atoms with Crippen LogP contribution in [0.25, 0.3) is 0 Å². The number of ether oxygens (including phenoxy) is 1. The summed E-state index contributed by atoms with van der Waals surface area (Å²) >= 11 is 5.90. The Bertz CT molecular complexity index is 1040. The number of anilines is 1. The third-order valence-corrected chi connectivity index (χ3v) is 6.86. The minimum atomic E-state index is -3.65. The number of piperazine rings is 1. The minimum absolute atomic E-state index is 0.0128. The molecule has 0 spiro atoms. The van der Waals surface area contributed by atoms with Crippen molar-refractivity contribution in [1.82, 2.24) is 14.5 Å². The maximum atomic E-state index is 12.7. The van der Waals surface area contributed by atoms with E-state index in [0.29, 0.717) is 29.5 Å². The van der Waals surface area contributed by atoms with E-state index in [1.807, 2.05) is 0 Å². The first-order valence-corrected chi connectivity index (χ1v) is 11.3. The van der Waals surface area contributed by atoms with Gasteiger partial charge < -0.3 is 10.1 Å². The SMILES string of the molecule is COc1ccc(NC(=O)NC(=O)CN2CCN(S(=O)(=O)c3cccc(Cl)c3)CC2)cc1. The second-order valence-corrected chi connectivity index (χ2v) is 9.24. The molecule has 0 saturated carbocycles. The van der Waals surface area contributed by atoms with Crippen LogP contribution in [0.15, 0.2) is 53.4 Å². The highest BCUT2D eigenvalue weighted by molar-refractivity contribution is 7.89. The number of hydrogen-bond acceptors (Lipinski definition) is 6. The molecule has 3 amide bonds. The molecule has 0 radical (unpaired) electrons. The van der Waals surface area contributed by atoms with Gasteiger partial charge in [0.1, 0.15) is 5.75 Å². The molecule has 0 unspecified atom stereocenters. The van der Waals surface area contributed by atoms with Crippen molar-refractivity contribution in [2.24, 2.45) is 0 Å². The molecule has 3 rings (SSSR count). The molecule has 2 aromatic carbocycles. The number of rotatable bonds is 6. The Morgan fingerprint density at radius 2 is 1.74 bits per heavy atom. The van der Waals surface area contributed by atoms with Gasteiger partial charge in [0.05, 0.1) is 18.6 Å². The van der Waals surface area contributed by atoms with Crippen LogP contribution in [-0.2, 0) is 14.8 Å². The molecule has 1 fully saturated rings. The lowest BCUT2D eigenvalue weighted by molar-refractivity contribution is -0.121. The normalized spacial score (nSPS) is 15.3. The van der Waals surface area contributed by atoms with E-state index in [4.69, 9.17) is 16.3 Å². The lowest BCUT2D eigenvalue weighted by Gasteiger charge is -2.33. The molecule has 1 heterocycles. The van der Waals surface area contributed by atoms with Gasteiger partial charge in [0.15, 0.2) is 0 Å². The molecule has 1 saturated heterocycles. The second-order valence-electron chi connectivity index (χ2n) is 6.87. The summed E-state index contributed by atoms with van der Waals surface area (Å²) in [6.45, 7) is 1.20. The van der Waals surface area contributed by atoms with Crippen molar-refractivity contribution in [1.29, 1.82) is 0 Å². The molecule has 0 aliphatic carbocycles. The molecule has 1 aliphatic heterocycles. The summed E-state index contributed by atoms with van der Waals surface area (Å²) in [5, 5.41) is 5.19. The standard InChI is InChI=1S/C20H23ClN4O5S/c1-30-17-7-5-16(6-8-17)22-20(27)23-19(26)14-24-9-11-25(12-10-24)31(28,29)18-4-2-3-15(21)13-18/h2-8,13H,9-12,14H2,1H3,(H2,22,23,26,27). The third kappa shape index (κ3) is 6.17. The van der Waals surface area contributed by atoms with Gasteiger partial charge in [0, 0.05) is 36.9 Å². The predicted octanol–water partition coefficient (Wildman–Crippen LogP) is 2.00. The largest absolute Gasteiger partial charge is 0.497 e. The monoisotopic (exact) mass is 466 g/mol. The Hall–Kier alpha value is -2.66. The number of amides is 3. The fourth-order valence-corrected chi connectivity index (χ4v) is 4.83. The van der Waals surface area contributed by atoms with Crippen LogP contribution in [0.4, 0.5) is 10.5 Å². The third-order valence-electron chi connectivity index (χ3n) is 4.73. The van der Waals surface area contributed by atoms with Crippen molar-refractivity contribution in [3.8, 4) is 5.75 Å². The number of methoxy groups -OCH3 is 1. The molecule has 0 bridgehead atoms. The van der Waals surface area contributed by atoms with Gasteiger partial charge in [-0.15, -0.1) is 0 Å². The highest BCUT2D eigenvalue weighted by Gasteiger charge is 2.29. The van der Waals surface area contributed by atoms with Gasteiger partial charge in [0.25, 0.3) is 0 Å². The van der Waals surface area contributed by atoms with Crippen LogP contribution >= 0.6 is 11.6 Å². The van der Waals surface area contributed by atoms with E-state index >= 15 is 0 Å². The molecular weight excluding hydrogens is 444 g/mol. The maximum absolute atomic E-state index is 12.7. The summed E-state index contributed by atoms with van der Waals surface area (Å²) in [4.78, 5) is 26.1. The highest BCUT2D eigenvalue weighted by atomic mass is 35.5. The summed E-state index contributed by atoms with van der Waals surface area (Å²) in [6.07, 6.45) is 0. The summed E-state index contributed by atoms with van der Waals surface area (Å²) in [6, 6.07) is 12.2. The molecular formula is C20H23ClN4O5S. The van der Waals surface area contributed by atoms with Gasteiger partial charge in [-0.05, 0) is 42.5 Å². The highest BCUT2D eigenvalue weighted by Crippen LogP contribution is 2.21. The van der Waals surface area contributed by atoms with E-state index in [1.54, 1.807) is 48.4 Å². The van der Waals surface area contributed by atoms with Gasteiger partial charge in [0.2, 0.25) is 15.9 Å². The zero-order valence-corrected chi connectivity index (χ0v) is 18.4. The van der Waals surface area contributed by atoms with Gasteiger partial charge in [-0.1, -0.05) is 17.7 Å². The molecule has 0 aromatic heterocycles. The number of urea groups is 1. The van der Waals surface area contributed by atoms with Crippen LogP contribution in [-0.4, -0.2) is 69.4 Å². The molecule has 2 N–H and O–H groups in total.